The van der Waals surface area contributed by atoms with Gasteiger partial charge in [0.1, 0.15) is 5.41 Å². The number of nitrogens with zero attached hydrogens (tertiary/aromatic N) is 2. The van der Waals surface area contributed by atoms with Gasteiger partial charge in [-0.1, -0.05) is 30.3 Å². The van der Waals surface area contributed by atoms with Crippen molar-refractivity contribution in [3.05, 3.63) is 35.9 Å². The molecule has 2 saturated heterocycles. The maximum atomic E-state index is 12.9. The van der Waals surface area contributed by atoms with Crippen LogP contribution in [0.5, 0.6) is 0 Å². The molecule has 4 rings (SSSR count). The fraction of sp³-hybridized carbons (Fsp3) is 0.600. The van der Waals surface area contributed by atoms with Crippen LogP contribution >= 0.6 is 0 Å². The second-order valence-corrected chi connectivity index (χ2v) is 7.71. The van der Waals surface area contributed by atoms with Crippen molar-refractivity contribution in [2.24, 2.45) is 17.3 Å². The van der Waals surface area contributed by atoms with Crippen molar-refractivity contribution in [2.45, 2.75) is 26.3 Å². The molecule has 1 aromatic carbocycles. The molecule has 0 aromatic heterocycles. The third-order valence-electron chi connectivity index (χ3n) is 5.92. The minimum atomic E-state index is -0.849. The summed E-state index contributed by atoms with van der Waals surface area (Å²) in [5.41, 5.74) is 0.493. The second kappa shape index (κ2) is 6.45. The normalized spacial score (nSPS) is 27.2. The van der Waals surface area contributed by atoms with E-state index >= 15 is 0 Å². The van der Waals surface area contributed by atoms with Crippen molar-refractivity contribution in [3.63, 3.8) is 0 Å². The Morgan fingerprint density at radius 2 is 1.72 bits per heavy atom. The Morgan fingerprint density at radius 1 is 1.08 bits per heavy atom. The lowest BCUT2D eigenvalue weighted by Crippen LogP contribution is -2.41. The summed E-state index contributed by atoms with van der Waals surface area (Å²) in [6, 6.07) is 10.5. The van der Waals surface area contributed by atoms with E-state index in [4.69, 9.17) is 4.74 Å². The molecule has 0 radical (unpaired) electrons. The molecular weight excluding hydrogens is 316 g/mol. The first kappa shape index (κ1) is 16.6. The standard InChI is InChI=1S/C20H26N2O3/c1-2-25-19(24)20(8-9-20)18(23)22-13-16-11-21(12-17(16)14-22)10-15-6-4-3-5-7-15/h3-7,16-17H,2,8-14H2,1H3/t16-,17+. The maximum Gasteiger partial charge on any atom is 0.321 e. The van der Waals surface area contributed by atoms with Crippen LogP contribution in [0.3, 0.4) is 0 Å². The smallest absolute Gasteiger partial charge is 0.321 e. The van der Waals surface area contributed by atoms with Crippen molar-refractivity contribution >= 4 is 11.9 Å². The molecule has 25 heavy (non-hydrogen) atoms. The fourth-order valence-corrected chi connectivity index (χ4v) is 4.43. The quantitative estimate of drug-likeness (QED) is 0.606. The number of hydrogen-bond donors (Lipinski definition) is 0. The van der Waals surface area contributed by atoms with Gasteiger partial charge in [0.25, 0.3) is 0 Å². The van der Waals surface area contributed by atoms with Crippen LogP contribution in [0, 0.1) is 17.3 Å². The zero-order chi connectivity index (χ0) is 17.4. The molecule has 2 atom stereocenters. The number of ether oxygens (including phenoxy) is 1. The van der Waals surface area contributed by atoms with Gasteiger partial charge in [0.15, 0.2) is 0 Å². The van der Waals surface area contributed by atoms with Gasteiger partial charge in [-0.05, 0) is 37.2 Å². The van der Waals surface area contributed by atoms with Crippen LogP contribution in [0.4, 0.5) is 0 Å². The van der Waals surface area contributed by atoms with E-state index < -0.39 is 5.41 Å². The molecule has 1 saturated carbocycles. The molecule has 0 spiro atoms. The topological polar surface area (TPSA) is 49.9 Å². The average Bonchev–Trinajstić information content (AvgIpc) is 3.21. The molecule has 1 aliphatic carbocycles. The predicted octanol–water partition coefficient (Wildman–Crippen LogP) is 1.92. The molecule has 2 heterocycles. The van der Waals surface area contributed by atoms with Crippen LogP contribution < -0.4 is 0 Å². The van der Waals surface area contributed by atoms with E-state index in [2.05, 4.69) is 29.2 Å². The highest BCUT2D eigenvalue weighted by molar-refractivity contribution is 6.05. The molecule has 3 aliphatic rings. The number of carbonyl (C=O) groups is 2. The minimum Gasteiger partial charge on any atom is -0.465 e. The van der Waals surface area contributed by atoms with Gasteiger partial charge in [0.05, 0.1) is 6.61 Å². The van der Waals surface area contributed by atoms with Crippen molar-refractivity contribution in [3.8, 4) is 0 Å². The number of hydrogen-bond acceptors (Lipinski definition) is 4. The van der Waals surface area contributed by atoms with E-state index in [0.717, 1.165) is 32.7 Å². The van der Waals surface area contributed by atoms with Crippen LogP contribution in [0.1, 0.15) is 25.3 Å². The highest BCUT2D eigenvalue weighted by Gasteiger charge is 2.60. The van der Waals surface area contributed by atoms with Gasteiger partial charge < -0.3 is 9.64 Å². The van der Waals surface area contributed by atoms with Gasteiger partial charge in [0.2, 0.25) is 5.91 Å². The van der Waals surface area contributed by atoms with Crippen LogP contribution in [-0.2, 0) is 20.9 Å². The molecule has 5 heteroatoms. The van der Waals surface area contributed by atoms with Gasteiger partial charge in [-0.3, -0.25) is 14.5 Å². The molecule has 5 nitrogen and oxygen atoms in total. The molecule has 0 unspecified atom stereocenters. The first-order valence-electron chi connectivity index (χ1n) is 9.35. The van der Waals surface area contributed by atoms with Crippen molar-refractivity contribution in [1.29, 1.82) is 0 Å². The number of likely N-dealkylation sites (tertiary alicyclic amines) is 2. The molecule has 0 N–H and O–H groups in total. The lowest BCUT2D eigenvalue weighted by molar-refractivity contribution is -0.157. The summed E-state index contributed by atoms with van der Waals surface area (Å²) in [5.74, 6) is 0.758. The van der Waals surface area contributed by atoms with Gasteiger partial charge in [0, 0.05) is 32.7 Å². The fourth-order valence-electron chi connectivity index (χ4n) is 4.43. The number of rotatable bonds is 5. The highest BCUT2D eigenvalue weighted by Crippen LogP contribution is 2.49. The van der Waals surface area contributed by atoms with Gasteiger partial charge in [-0.25, -0.2) is 0 Å². The SMILES string of the molecule is CCOC(=O)C1(C(=O)N2C[C@H]3CN(Cc4ccccc4)C[C@H]3C2)CC1. The van der Waals surface area contributed by atoms with Crippen molar-refractivity contribution < 1.29 is 14.3 Å². The Bertz CT molecular complexity index is 642. The second-order valence-electron chi connectivity index (χ2n) is 7.71. The minimum absolute atomic E-state index is 0.00922. The summed E-state index contributed by atoms with van der Waals surface area (Å²) < 4.78 is 5.13. The van der Waals surface area contributed by atoms with E-state index in [-0.39, 0.29) is 11.9 Å². The highest BCUT2D eigenvalue weighted by atomic mass is 16.5. The van der Waals surface area contributed by atoms with Crippen molar-refractivity contribution in [1.82, 2.24) is 9.80 Å². The third kappa shape index (κ3) is 3.06. The monoisotopic (exact) mass is 342 g/mol. The largest absolute Gasteiger partial charge is 0.465 e. The Labute approximate surface area is 148 Å². The zero-order valence-electron chi connectivity index (χ0n) is 14.8. The van der Waals surface area contributed by atoms with Gasteiger partial charge >= 0.3 is 5.97 Å². The molecular formula is C20H26N2O3. The molecule has 134 valence electrons. The van der Waals surface area contributed by atoms with Gasteiger partial charge in [-0.2, -0.15) is 0 Å². The lowest BCUT2D eigenvalue weighted by Gasteiger charge is -2.24. The van der Waals surface area contributed by atoms with E-state index in [1.54, 1.807) is 6.92 Å². The van der Waals surface area contributed by atoms with Gasteiger partial charge in [-0.15, -0.1) is 0 Å². The Balaban J connectivity index is 1.34. The molecule has 0 bridgehead atoms. The molecule has 1 amide bonds. The number of carbonyl (C=O) groups excluding carboxylic acids is 2. The molecule has 1 aromatic rings. The van der Waals surface area contributed by atoms with Crippen LogP contribution in [-0.4, -0.2) is 54.5 Å². The predicted molar refractivity (Wildman–Crippen MR) is 93.6 cm³/mol. The van der Waals surface area contributed by atoms with Crippen LogP contribution in [0.25, 0.3) is 0 Å². The molecule has 3 fully saturated rings. The Hall–Kier alpha value is -1.88. The molecule has 2 aliphatic heterocycles. The summed E-state index contributed by atoms with van der Waals surface area (Å²) in [5, 5.41) is 0. The summed E-state index contributed by atoms with van der Waals surface area (Å²) >= 11 is 0. The van der Waals surface area contributed by atoms with E-state index in [1.165, 1.54) is 5.56 Å². The van der Waals surface area contributed by atoms with E-state index in [0.29, 0.717) is 31.3 Å². The Kier molecular flexibility index (Phi) is 4.28. The summed E-state index contributed by atoms with van der Waals surface area (Å²) in [4.78, 5) is 29.4. The lowest BCUT2D eigenvalue weighted by atomic mass is 10.0. The first-order valence-corrected chi connectivity index (χ1v) is 9.35. The summed E-state index contributed by atoms with van der Waals surface area (Å²) in [7, 11) is 0. The van der Waals surface area contributed by atoms with Crippen molar-refractivity contribution in [2.75, 3.05) is 32.8 Å². The maximum absolute atomic E-state index is 12.9. The number of amides is 1. The number of fused-ring (bicyclic) bond motifs is 1. The first-order chi connectivity index (χ1) is 12.1. The van der Waals surface area contributed by atoms with Crippen LogP contribution in [0.15, 0.2) is 30.3 Å². The third-order valence-corrected chi connectivity index (χ3v) is 5.92. The zero-order valence-corrected chi connectivity index (χ0v) is 14.8. The Morgan fingerprint density at radius 3 is 2.28 bits per heavy atom. The number of benzene rings is 1. The van der Waals surface area contributed by atoms with Crippen LogP contribution in [0.2, 0.25) is 0 Å². The van der Waals surface area contributed by atoms with E-state index in [1.807, 2.05) is 11.0 Å². The summed E-state index contributed by atoms with van der Waals surface area (Å²) in [6.45, 7) is 6.76. The average molecular weight is 342 g/mol. The van der Waals surface area contributed by atoms with E-state index in [9.17, 15) is 9.59 Å². The summed E-state index contributed by atoms with van der Waals surface area (Å²) in [6.07, 6.45) is 1.30. The number of esters is 1.